The minimum atomic E-state index is 0.0793. The molecule has 10 heavy (non-hydrogen) atoms. The standard InChI is InChI=1S/C7H17BN2/c1-5-10-7(3,4)8-6(2)9/h5-6,8,10H,1,9H2,2-4H3. The molecule has 0 aromatic heterocycles. The van der Waals surface area contributed by atoms with Crippen molar-refractivity contribution >= 4 is 7.28 Å². The molecule has 0 spiro atoms. The van der Waals surface area contributed by atoms with Crippen LogP contribution in [0.25, 0.3) is 0 Å². The first-order valence-corrected chi connectivity index (χ1v) is 3.62. The molecule has 1 atom stereocenters. The number of rotatable bonds is 4. The first-order valence-electron chi connectivity index (χ1n) is 3.62. The molecule has 1 unspecified atom stereocenters. The number of hydrogen-bond donors (Lipinski definition) is 2. The van der Waals surface area contributed by atoms with Crippen LogP contribution in [0.2, 0.25) is 0 Å². The van der Waals surface area contributed by atoms with Gasteiger partial charge in [0.1, 0.15) is 0 Å². The van der Waals surface area contributed by atoms with Crippen molar-refractivity contribution in [1.29, 1.82) is 0 Å². The van der Waals surface area contributed by atoms with E-state index in [4.69, 9.17) is 5.73 Å². The van der Waals surface area contributed by atoms with Crippen LogP contribution in [0.1, 0.15) is 20.8 Å². The lowest BCUT2D eigenvalue weighted by Gasteiger charge is -2.25. The third kappa shape index (κ3) is 4.44. The van der Waals surface area contributed by atoms with Gasteiger partial charge in [0.05, 0.1) is 0 Å². The Morgan fingerprint density at radius 3 is 2.50 bits per heavy atom. The van der Waals surface area contributed by atoms with Gasteiger partial charge < -0.3 is 11.1 Å². The zero-order chi connectivity index (χ0) is 8.20. The van der Waals surface area contributed by atoms with E-state index in [1.807, 2.05) is 6.92 Å². The lowest BCUT2D eigenvalue weighted by Crippen LogP contribution is -2.48. The Kier molecular flexibility index (Phi) is 3.51. The molecule has 0 rings (SSSR count). The predicted molar refractivity (Wildman–Crippen MR) is 48.2 cm³/mol. The Bertz CT molecular complexity index is 110. The molecule has 0 aliphatic carbocycles. The van der Waals surface area contributed by atoms with Crippen LogP contribution in [0.4, 0.5) is 0 Å². The molecular formula is C7H17BN2. The fourth-order valence-electron chi connectivity index (χ4n) is 1.14. The van der Waals surface area contributed by atoms with Crippen LogP contribution in [0.15, 0.2) is 12.8 Å². The van der Waals surface area contributed by atoms with E-state index in [1.54, 1.807) is 6.20 Å². The van der Waals surface area contributed by atoms with E-state index >= 15 is 0 Å². The fraction of sp³-hybridized carbons (Fsp3) is 0.714. The second-order valence-corrected chi connectivity index (χ2v) is 3.41. The fourth-order valence-corrected chi connectivity index (χ4v) is 1.14. The van der Waals surface area contributed by atoms with Crippen LogP contribution in [0.5, 0.6) is 0 Å². The minimum Gasteiger partial charge on any atom is -0.394 e. The summed E-state index contributed by atoms with van der Waals surface area (Å²) in [5, 5.41) is 3.14. The van der Waals surface area contributed by atoms with Crippen molar-refractivity contribution < 1.29 is 0 Å². The van der Waals surface area contributed by atoms with Gasteiger partial charge in [0.25, 0.3) is 0 Å². The molecule has 0 aromatic carbocycles. The molecule has 0 heterocycles. The third-order valence-corrected chi connectivity index (χ3v) is 1.33. The largest absolute Gasteiger partial charge is 0.394 e. The van der Waals surface area contributed by atoms with Crippen LogP contribution in [0, 0.1) is 0 Å². The van der Waals surface area contributed by atoms with Crippen molar-refractivity contribution in [2.24, 2.45) is 5.73 Å². The normalized spacial score (nSPS) is 14.0. The van der Waals surface area contributed by atoms with Crippen LogP contribution < -0.4 is 11.1 Å². The van der Waals surface area contributed by atoms with E-state index in [-0.39, 0.29) is 11.4 Å². The topological polar surface area (TPSA) is 38.0 Å². The highest BCUT2D eigenvalue weighted by atomic mass is 14.9. The Balaban J connectivity index is 3.73. The van der Waals surface area contributed by atoms with E-state index in [2.05, 4.69) is 25.7 Å². The molecule has 0 aliphatic heterocycles. The summed E-state index contributed by atoms with van der Waals surface area (Å²) in [7, 11) is 0.957. The van der Waals surface area contributed by atoms with Gasteiger partial charge in [-0.05, 0) is 26.0 Å². The van der Waals surface area contributed by atoms with Gasteiger partial charge in [0.15, 0.2) is 7.28 Å². The highest BCUT2D eigenvalue weighted by molar-refractivity contribution is 6.41. The van der Waals surface area contributed by atoms with Crippen molar-refractivity contribution in [1.82, 2.24) is 5.32 Å². The molecule has 0 radical (unpaired) electrons. The Morgan fingerprint density at radius 1 is 1.70 bits per heavy atom. The van der Waals surface area contributed by atoms with Gasteiger partial charge >= 0.3 is 0 Å². The summed E-state index contributed by atoms with van der Waals surface area (Å²) in [5.41, 5.74) is 5.71. The van der Waals surface area contributed by atoms with Gasteiger partial charge in [-0.25, -0.2) is 0 Å². The van der Waals surface area contributed by atoms with E-state index in [1.165, 1.54) is 0 Å². The maximum Gasteiger partial charge on any atom is 0.171 e. The van der Waals surface area contributed by atoms with Crippen molar-refractivity contribution in [3.05, 3.63) is 12.8 Å². The highest BCUT2D eigenvalue weighted by Crippen LogP contribution is 1.99. The van der Waals surface area contributed by atoms with Crippen molar-refractivity contribution in [3.63, 3.8) is 0 Å². The number of nitrogens with one attached hydrogen (secondary N) is 1. The summed E-state index contributed by atoms with van der Waals surface area (Å²) in [6, 6.07) is 0. The summed E-state index contributed by atoms with van der Waals surface area (Å²) in [6.07, 6.45) is 1.71. The first kappa shape index (κ1) is 9.56. The van der Waals surface area contributed by atoms with E-state index < -0.39 is 0 Å². The van der Waals surface area contributed by atoms with Gasteiger partial charge in [-0.1, -0.05) is 13.5 Å². The van der Waals surface area contributed by atoms with E-state index in [0.29, 0.717) is 0 Å². The lowest BCUT2D eigenvalue weighted by molar-refractivity contribution is 0.606. The van der Waals surface area contributed by atoms with Crippen LogP contribution in [-0.4, -0.2) is 18.7 Å². The Morgan fingerprint density at radius 2 is 2.20 bits per heavy atom. The van der Waals surface area contributed by atoms with Gasteiger partial charge in [-0.3, -0.25) is 0 Å². The van der Waals surface area contributed by atoms with Crippen LogP contribution >= 0.6 is 0 Å². The van der Waals surface area contributed by atoms with Gasteiger partial charge in [0, 0.05) is 5.44 Å². The molecule has 0 saturated carbocycles. The Hall–Kier alpha value is -0.435. The smallest absolute Gasteiger partial charge is 0.171 e. The molecule has 2 nitrogen and oxygen atoms in total. The van der Waals surface area contributed by atoms with Crippen molar-refractivity contribution in [2.45, 2.75) is 32.2 Å². The average molecular weight is 140 g/mol. The van der Waals surface area contributed by atoms with Crippen molar-refractivity contribution in [2.75, 3.05) is 0 Å². The van der Waals surface area contributed by atoms with Gasteiger partial charge in [0.2, 0.25) is 0 Å². The molecule has 0 fully saturated rings. The monoisotopic (exact) mass is 140 g/mol. The second kappa shape index (κ2) is 3.66. The highest BCUT2D eigenvalue weighted by Gasteiger charge is 2.18. The van der Waals surface area contributed by atoms with Gasteiger partial charge in [-0.15, -0.1) is 0 Å². The maximum atomic E-state index is 5.63. The molecule has 3 heteroatoms. The average Bonchev–Trinajstić information content (AvgIpc) is 1.59. The zero-order valence-corrected chi connectivity index (χ0v) is 7.15. The first-order chi connectivity index (χ1) is 4.48. The molecule has 58 valence electrons. The molecule has 0 aromatic rings. The molecule has 3 N–H and O–H groups in total. The SMILES string of the molecule is C=CNC(C)(C)BC(C)N. The summed E-state index contributed by atoms with van der Waals surface area (Å²) in [4.78, 5) is 0. The Labute approximate surface area is 64.1 Å². The number of nitrogens with two attached hydrogens (primary N) is 1. The molecular weight excluding hydrogens is 123 g/mol. The second-order valence-electron chi connectivity index (χ2n) is 3.41. The molecule has 0 amide bonds. The van der Waals surface area contributed by atoms with Crippen LogP contribution in [-0.2, 0) is 0 Å². The quantitative estimate of drug-likeness (QED) is 0.547. The minimum absolute atomic E-state index is 0.0793. The van der Waals surface area contributed by atoms with E-state index in [9.17, 15) is 0 Å². The van der Waals surface area contributed by atoms with Crippen molar-refractivity contribution in [3.8, 4) is 0 Å². The summed E-state index contributed by atoms with van der Waals surface area (Å²) in [6.45, 7) is 9.83. The lowest BCUT2D eigenvalue weighted by atomic mass is 9.55. The molecule has 0 saturated heterocycles. The molecule has 0 bridgehead atoms. The van der Waals surface area contributed by atoms with E-state index in [0.717, 1.165) is 7.28 Å². The summed E-state index contributed by atoms with van der Waals surface area (Å²) in [5.74, 6) is 0.238. The maximum absolute atomic E-state index is 5.63. The predicted octanol–water partition coefficient (Wildman–Crippen LogP) is 0.197. The van der Waals surface area contributed by atoms with Gasteiger partial charge in [-0.2, -0.15) is 0 Å². The number of hydrogen-bond acceptors (Lipinski definition) is 2. The third-order valence-electron chi connectivity index (χ3n) is 1.33. The molecule has 0 aliphatic rings. The van der Waals surface area contributed by atoms with Crippen LogP contribution in [0.3, 0.4) is 0 Å². The summed E-state index contributed by atoms with van der Waals surface area (Å²) < 4.78 is 0. The zero-order valence-electron chi connectivity index (χ0n) is 7.15. The summed E-state index contributed by atoms with van der Waals surface area (Å²) >= 11 is 0.